The SMILES string of the molecule is CCCNC(Cc1ccsc1)C(C)(C)N(C)C. The number of thiophene rings is 1. The number of rotatable bonds is 7. The summed E-state index contributed by atoms with van der Waals surface area (Å²) in [6.45, 7) is 7.93. The average Bonchev–Trinajstić information content (AvgIpc) is 2.76. The van der Waals surface area contributed by atoms with Crippen molar-refractivity contribution in [1.82, 2.24) is 10.2 Å². The molecule has 17 heavy (non-hydrogen) atoms. The summed E-state index contributed by atoms with van der Waals surface area (Å²) < 4.78 is 0. The zero-order chi connectivity index (χ0) is 12.9. The van der Waals surface area contributed by atoms with Crippen LogP contribution in [0.15, 0.2) is 16.8 Å². The molecule has 1 aromatic rings. The van der Waals surface area contributed by atoms with E-state index in [1.807, 2.05) is 0 Å². The van der Waals surface area contributed by atoms with E-state index in [1.54, 1.807) is 11.3 Å². The van der Waals surface area contributed by atoms with E-state index in [9.17, 15) is 0 Å². The fourth-order valence-electron chi connectivity index (χ4n) is 1.85. The number of nitrogens with one attached hydrogen (secondary N) is 1. The summed E-state index contributed by atoms with van der Waals surface area (Å²) in [4.78, 5) is 2.31. The molecule has 0 saturated carbocycles. The number of hydrogen-bond donors (Lipinski definition) is 1. The van der Waals surface area contributed by atoms with Gasteiger partial charge in [-0.1, -0.05) is 6.92 Å². The van der Waals surface area contributed by atoms with Crippen LogP contribution in [0.4, 0.5) is 0 Å². The number of hydrogen-bond acceptors (Lipinski definition) is 3. The van der Waals surface area contributed by atoms with Crippen molar-refractivity contribution in [1.29, 1.82) is 0 Å². The molecule has 1 N–H and O–H groups in total. The first-order chi connectivity index (χ1) is 7.98. The van der Waals surface area contributed by atoms with Crippen LogP contribution in [0, 0.1) is 0 Å². The van der Waals surface area contributed by atoms with E-state index in [2.05, 4.69) is 61.9 Å². The Balaban J connectivity index is 2.72. The van der Waals surface area contributed by atoms with Crippen LogP contribution in [-0.2, 0) is 6.42 Å². The van der Waals surface area contributed by atoms with Crippen molar-refractivity contribution in [2.24, 2.45) is 0 Å². The van der Waals surface area contributed by atoms with Gasteiger partial charge in [-0.15, -0.1) is 0 Å². The molecule has 0 bridgehead atoms. The van der Waals surface area contributed by atoms with Crippen LogP contribution in [0.25, 0.3) is 0 Å². The van der Waals surface area contributed by atoms with E-state index in [1.165, 1.54) is 12.0 Å². The molecule has 0 fully saturated rings. The Bertz CT molecular complexity index is 304. The molecule has 0 aliphatic heterocycles. The van der Waals surface area contributed by atoms with Gasteiger partial charge in [0, 0.05) is 11.6 Å². The maximum Gasteiger partial charge on any atom is 0.0303 e. The molecule has 1 rings (SSSR count). The molecule has 1 unspecified atom stereocenters. The van der Waals surface area contributed by atoms with E-state index < -0.39 is 0 Å². The van der Waals surface area contributed by atoms with Gasteiger partial charge in [-0.05, 0) is 69.7 Å². The standard InChI is InChI=1S/C14H26N2S/c1-6-8-15-13(14(2,3)16(4)5)10-12-7-9-17-11-12/h7,9,11,13,15H,6,8,10H2,1-5H3. The van der Waals surface area contributed by atoms with Crippen molar-refractivity contribution in [3.05, 3.63) is 22.4 Å². The second-order valence-corrected chi connectivity index (χ2v) is 6.17. The lowest BCUT2D eigenvalue weighted by molar-refractivity contribution is 0.137. The van der Waals surface area contributed by atoms with Gasteiger partial charge in [0.2, 0.25) is 0 Å². The predicted octanol–water partition coefficient (Wildman–Crippen LogP) is 3.00. The van der Waals surface area contributed by atoms with Crippen LogP contribution in [0.5, 0.6) is 0 Å². The third kappa shape index (κ3) is 4.09. The molecule has 1 atom stereocenters. The van der Waals surface area contributed by atoms with Crippen molar-refractivity contribution in [3.8, 4) is 0 Å². The quantitative estimate of drug-likeness (QED) is 0.805. The highest BCUT2D eigenvalue weighted by molar-refractivity contribution is 7.07. The Morgan fingerprint density at radius 3 is 2.59 bits per heavy atom. The van der Waals surface area contributed by atoms with Crippen LogP contribution in [-0.4, -0.2) is 37.1 Å². The van der Waals surface area contributed by atoms with E-state index in [0.717, 1.165) is 13.0 Å². The molecular weight excluding hydrogens is 228 g/mol. The molecule has 3 heteroatoms. The molecule has 1 aromatic heterocycles. The molecule has 1 heterocycles. The fraction of sp³-hybridized carbons (Fsp3) is 0.714. The highest BCUT2D eigenvalue weighted by Gasteiger charge is 2.31. The maximum absolute atomic E-state index is 3.69. The largest absolute Gasteiger partial charge is 0.312 e. The first kappa shape index (κ1) is 14.7. The van der Waals surface area contributed by atoms with Crippen molar-refractivity contribution < 1.29 is 0 Å². The summed E-state index contributed by atoms with van der Waals surface area (Å²) in [5.74, 6) is 0. The van der Waals surface area contributed by atoms with Gasteiger partial charge in [-0.2, -0.15) is 11.3 Å². The molecular formula is C14H26N2S. The van der Waals surface area contributed by atoms with E-state index in [4.69, 9.17) is 0 Å². The molecule has 0 radical (unpaired) electrons. The van der Waals surface area contributed by atoms with Crippen molar-refractivity contribution in [2.45, 2.75) is 45.2 Å². The smallest absolute Gasteiger partial charge is 0.0303 e. The van der Waals surface area contributed by atoms with Crippen LogP contribution in [0.2, 0.25) is 0 Å². The molecule has 98 valence electrons. The second-order valence-electron chi connectivity index (χ2n) is 5.39. The molecule has 0 spiro atoms. The zero-order valence-electron chi connectivity index (χ0n) is 11.8. The van der Waals surface area contributed by atoms with E-state index in [0.29, 0.717) is 6.04 Å². The Labute approximate surface area is 110 Å². The van der Waals surface area contributed by atoms with Crippen LogP contribution in [0.1, 0.15) is 32.8 Å². The summed E-state index contributed by atoms with van der Waals surface area (Å²) in [6.07, 6.45) is 2.29. The normalized spacial score (nSPS) is 14.2. The van der Waals surface area contributed by atoms with Gasteiger partial charge >= 0.3 is 0 Å². The molecule has 0 aromatic carbocycles. The summed E-state index contributed by atoms with van der Waals surface area (Å²) in [5, 5.41) is 8.11. The molecule has 0 aliphatic carbocycles. The van der Waals surface area contributed by atoms with Crippen LogP contribution >= 0.6 is 11.3 Å². The minimum absolute atomic E-state index is 0.164. The third-order valence-electron chi connectivity index (χ3n) is 3.67. The molecule has 0 saturated heterocycles. The summed E-state index contributed by atoms with van der Waals surface area (Å²) in [6, 6.07) is 2.73. The fourth-order valence-corrected chi connectivity index (χ4v) is 2.53. The Morgan fingerprint density at radius 2 is 2.12 bits per heavy atom. The Hall–Kier alpha value is -0.380. The van der Waals surface area contributed by atoms with Gasteiger partial charge in [0.15, 0.2) is 0 Å². The van der Waals surface area contributed by atoms with Gasteiger partial charge in [-0.25, -0.2) is 0 Å². The topological polar surface area (TPSA) is 15.3 Å². The molecule has 0 aliphatic rings. The first-order valence-corrected chi connectivity index (χ1v) is 7.34. The summed E-state index contributed by atoms with van der Waals surface area (Å²) in [7, 11) is 4.32. The average molecular weight is 254 g/mol. The van der Waals surface area contributed by atoms with E-state index in [-0.39, 0.29) is 5.54 Å². The minimum atomic E-state index is 0.164. The van der Waals surface area contributed by atoms with Crippen molar-refractivity contribution in [3.63, 3.8) is 0 Å². The van der Waals surface area contributed by atoms with Gasteiger partial charge in [0.05, 0.1) is 0 Å². The summed E-state index contributed by atoms with van der Waals surface area (Å²) in [5.41, 5.74) is 1.61. The van der Waals surface area contributed by atoms with Gasteiger partial charge in [0.25, 0.3) is 0 Å². The highest BCUT2D eigenvalue weighted by Crippen LogP contribution is 2.20. The lowest BCUT2D eigenvalue weighted by atomic mass is 9.88. The Morgan fingerprint density at radius 1 is 1.41 bits per heavy atom. The van der Waals surface area contributed by atoms with Gasteiger partial charge in [0.1, 0.15) is 0 Å². The predicted molar refractivity (Wildman–Crippen MR) is 77.9 cm³/mol. The van der Waals surface area contributed by atoms with Crippen LogP contribution < -0.4 is 5.32 Å². The number of nitrogens with zero attached hydrogens (tertiary/aromatic N) is 1. The second kappa shape index (κ2) is 6.53. The van der Waals surface area contributed by atoms with Crippen molar-refractivity contribution >= 4 is 11.3 Å². The lowest BCUT2D eigenvalue weighted by Crippen LogP contribution is -2.56. The minimum Gasteiger partial charge on any atom is -0.312 e. The number of likely N-dealkylation sites (N-methyl/N-ethyl adjacent to an activating group) is 1. The lowest BCUT2D eigenvalue weighted by Gasteiger charge is -2.41. The van der Waals surface area contributed by atoms with E-state index >= 15 is 0 Å². The van der Waals surface area contributed by atoms with Crippen molar-refractivity contribution in [2.75, 3.05) is 20.6 Å². The van der Waals surface area contributed by atoms with Gasteiger partial charge < -0.3 is 10.2 Å². The maximum atomic E-state index is 3.69. The first-order valence-electron chi connectivity index (χ1n) is 6.40. The highest BCUT2D eigenvalue weighted by atomic mass is 32.1. The summed E-state index contributed by atoms with van der Waals surface area (Å²) >= 11 is 1.78. The molecule has 2 nitrogen and oxygen atoms in total. The van der Waals surface area contributed by atoms with Gasteiger partial charge in [-0.3, -0.25) is 0 Å². The Kier molecular flexibility index (Phi) is 5.63. The monoisotopic (exact) mass is 254 g/mol. The van der Waals surface area contributed by atoms with Crippen LogP contribution in [0.3, 0.4) is 0 Å². The zero-order valence-corrected chi connectivity index (χ0v) is 12.6. The third-order valence-corrected chi connectivity index (χ3v) is 4.40. The molecule has 0 amide bonds.